The second-order valence-corrected chi connectivity index (χ2v) is 11.4. The number of esters is 1. The van der Waals surface area contributed by atoms with Crippen molar-refractivity contribution in [1.29, 1.82) is 0 Å². The minimum Gasteiger partial charge on any atom is -0.487 e. The fourth-order valence-electron chi connectivity index (χ4n) is 4.92. The fraction of sp³-hybridized carbons (Fsp3) is 0.419. The molecule has 1 aromatic heterocycles. The number of likely N-dealkylation sites (N-methyl/N-ethyl adjacent to an activating group) is 1. The number of rotatable bonds is 8. The molecule has 0 spiro atoms. The quantitative estimate of drug-likeness (QED) is 0.310. The molecule has 0 fully saturated rings. The molecule has 44 heavy (non-hydrogen) atoms. The Bertz CT molecular complexity index is 1530. The van der Waals surface area contributed by atoms with Gasteiger partial charge in [-0.15, -0.1) is 0 Å². The number of methoxy groups -OCH3 is 1. The van der Waals surface area contributed by atoms with E-state index in [-0.39, 0.29) is 24.4 Å². The first-order chi connectivity index (χ1) is 20.6. The van der Waals surface area contributed by atoms with Crippen LogP contribution in [0.5, 0.6) is 5.75 Å². The lowest BCUT2D eigenvalue weighted by Crippen LogP contribution is -2.48. The van der Waals surface area contributed by atoms with Gasteiger partial charge in [0.1, 0.15) is 35.4 Å². The Morgan fingerprint density at radius 3 is 2.36 bits per heavy atom. The van der Waals surface area contributed by atoms with Gasteiger partial charge >= 0.3 is 18.2 Å². The van der Waals surface area contributed by atoms with E-state index in [9.17, 15) is 27.6 Å². The number of ether oxygens (including phenoxy) is 3. The van der Waals surface area contributed by atoms with Gasteiger partial charge in [0.15, 0.2) is 0 Å². The summed E-state index contributed by atoms with van der Waals surface area (Å²) in [6.07, 6.45) is -5.22. The SMILES string of the molecule is COC(=O)[C@@H](CC(=O)N1CCc2c1ccc(OCc1cc(C(F)(F)F)n(-c3ccccc3)n1)c2C)N(C)C(=O)OC(C)(C)C. The van der Waals surface area contributed by atoms with Crippen LogP contribution in [0.1, 0.15) is 49.7 Å². The summed E-state index contributed by atoms with van der Waals surface area (Å²) in [5, 5.41) is 4.14. The molecule has 0 unspecified atom stereocenters. The van der Waals surface area contributed by atoms with Crippen LogP contribution in [-0.2, 0) is 38.3 Å². The highest BCUT2D eigenvalue weighted by Crippen LogP contribution is 2.37. The highest BCUT2D eigenvalue weighted by molar-refractivity contribution is 5.99. The summed E-state index contributed by atoms with van der Waals surface area (Å²) >= 11 is 0. The molecule has 0 saturated carbocycles. The summed E-state index contributed by atoms with van der Waals surface area (Å²) in [4.78, 5) is 41.1. The van der Waals surface area contributed by atoms with Gasteiger partial charge in [0.25, 0.3) is 0 Å². The molecule has 2 amide bonds. The predicted molar refractivity (Wildman–Crippen MR) is 155 cm³/mol. The van der Waals surface area contributed by atoms with Crippen LogP contribution in [0.15, 0.2) is 48.5 Å². The molecule has 2 heterocycles. The molecule has 0 aliphatic carbocycles. The molecule has 0 bridgehead atoms. The standard InChI is InChI=1S/C31H35F3N4O6/c1-19-22-14-15-37(27(39)17-24(28(40)42-6)36(5)29(41)44-30(2,3)4)23(22)12-13-25(19)43-18-20-16-26(31(32,33)34)38(35-20)21-10-8-7-9-11-21/h7-13,16,24H,14-15,17-18H2,1-6H3/t24-/m1/s1. The Hall–Kier alpha value is -4.55. The number of hydrogen-bond acceptors (Lipinski definition) is 7. The van der Waals surface area contributed by atoms with Gasteiger partial charge in [-0.1, -0.05) is 18.2 Å². The first-order valence-corrected chi connectivity index (χ1v) is 13.9. The van der Waals surface area contributed by atoms with Gasteiger partial charge in [0, 0.05) is 19.3 Å². The molecule has 4 rings (SSSR count). The fourth-order valence-corrected chi connectivity index (χ4v) is 4.92. The second-order valence-electron chi connectivity index (χ2n) is 11.4. The van der Waals surface area contributed by atoms with E-state index in [4.69, 9.17) is 14.2 Å². The third-order valence-corrected chi connectivity index (χ3v) is 7.12. The molecule has 10 nitrogen and oxygen atoms in total. The lowest BCUT2D eigenvalue weighted by Gasteiger charge is -2.30. The Balaban J connectivity index is 1.50. The Labute approximate surface area is 253 Å². The van der Waals surface area contributed by atoms with E-state index in [2.05, 4.69) is 5.10 Å². The number of carbonyl (C=O) groups is 3. The van der Waals surface area contributed by atoms with E-state index >= 15 is 0 Å². The van der Waals surface area contributed by atoms with Crippen LogP contribution in [0.4, 0.5) is 23.7 Å². The largest absolute Gasteiger partial charge is 0.487 e. The molecule has 0 radical (unpaired) electrons. The number of nitrogens with zero attached hydrogens (tertiary/aromatic N) is 4. The number of carbonyl (C=O) groups excluding carboxylic acids is 3. The van der Waals surface area contributed by atoms with Crippen LogP contribution in [0.2, 0.25) is 0 Å². The third-order valence-electron chi connectivity index (χ3n) is 7.12. The Kier molecular flexibility index (Phi) is 9.26. The third kappa shape index (κ3) is 7.14. The van der Waals surface area contributed by atoms with E-state index in [1.54, 1.807) is 58.0 Å². The Morgan fingerprint density at radius 1 is 1.07 bits per heavy atom. The number of anilines is 1. The molecule has 1 aliphatic rings. The summed E-state index contributed by atoms with van der Waals surface area (Å²) in [5.74, 6) is -0.707. The maximum Gasteiger partial charge on any atom is 0.433 e. The summed E-state index contributed by atoms with van der Waals surface area (Å²) in [7, 11) is 2.55. The minimum absolute atomic E-state index is 0.0980. The lowest BCUT2D eigenvalue weighted by atomic mass is 10.1. The highest BCUT2D eigenvalue weighted by atomic mass is 19.4. The number of hydrogen-bond donors (Lipinski definition) is 0. The molecule has 13 heteroatoms. The topological polar surface area (TPSA) is 103 Å². The van der Waals surface area contributed by atoms with Crippen molar-refractivity contribution in [3.05, 3.63) is 71.0 Å². The van der Waals surface area contributed by atoms with Crippen LogP contribution in [-0.4, -0.2) is 65.0 Å². The van der Waals surface area contributed by atoms with Crippen LogP contribution < -0.4 is 9.64 Å². The normalized spacial score (nSPS) is 13.7. The summed E-state index contributed by atoms with van der Waals surface area (Å²) in [6.45, 7) is 7.00. The molecule has 0 saturated heterocycles. The minimum atomic E-state index is -4.62. The molecule has 1 aliphatic heterocycles. The molecule has 236 valence electrons. The summed E-state index contributed by atoms with van der Waals surface area (Å²) in [5.41, 5.74) is 0.838. The van der Waals surface area contributed by atoms with E-state index in [1.807, 2.05) is 0 Å². The molecule has 1 atom stereocenters. The number of halogens is 3. The van der Waals surface area contributed by atoms with Crippen molar-refractivity contribution < 1.29 is 41.8 Å². The van der Waals surface area contributed by atoms with Gasteiger partial charge in [-0.2, -0.15) is 18.3 Å². The monoisotopic (exact) mass is 616 g/mol. The van der Waals surface area contributed by atoms with Crippen molar-refractivity contribution >= 4 is 23.7 Å². The van der Waals surface area contributed by atoms with E-state index in [0.717, 1.165) is 26.8 Å². The average Bonchev–Trinajstić information content (AvgIpc) is 3.60. The number of amides is 2. The van der Waals surface area contributed by atoms with Gasteiger partial charge in [-0.05, 0) is 75.6 Å². The molecule has 3 aromatic rings. The summed E-state index contributed by atoms with van der Waals surface area (Å²) < 4.78 is 58.2. The van der Waals surface area contributed by atoms with Gasteiger partial charge in [0.2, 0.25) is 5.91 Å². The molecule has 0 N–H and O–H groups in total. The number of alkyl halides is 3. The van der Waals surface area contributed by atoms with Crippen molar-refractivity contribution in [2.45, 2.75) is 65.0 Å². The molecular formula is C31H35F3N4O6. The zero-order valence-electron chi connectivity index (χ0n) is 25.4. The van der Waals surface area contributed by atoms with Crippen LogP contribution in [0.25, 0.3) is 5.69 Å². The van der Waals surface area contributed by atoms with Gasteiger partial charge in [-0.3, -0.25) is 9.69 Å². The number of aromatic nitrogens is 2. The van der Waals surface area contributed by atoms with E-state index < -0.39 is 41.5 Å². The smallest absolute Gasteiger partial charge is 0.433 e. The first kappa shape index (κ1) is 32.4. The zero-order valence-corrected chi connectivity index (χ0v) is 25.4. The van der Waals surface area contributed by atoms with Crippen LogP contribution >= 0.6 is 0 Å². The first-order valence-electron chi connectivity index (χ1n) is 13.9. The van der Waals surface area contributed by atoms with Crippen LogP contribution in [0.3, 0.4) is 0 Å². The lowest BCUT2D eigenvalue weighted by molar-refractivity contribution is -0.148. The van der Waals surface area contributed by atoms with Crippen molar-refractivity contribution in [3.8, 4) is 11.4 Å². The van der Waals surface area contributed by atoms with Gasteiger partial charge < -0.3 is 19.1 Å². The van der Waals surface area contributed by atoms with Crippen molar-refractivity contribution in [2.75, 3.05) is 25.6 Å². The second kappa shape index (κ2) is 12.6. The number of benzene rings is 2. The Morgan fingerprint density at radius 2 is 1.75 bits per heavy atom. The van der Waals surface area contributed by atoms with Crippen LogP contribution in [0, 0.1) is 6.92 Å². The number of para-hydroxylation sites is 1. The van der Waals surface area contributed by atoms with Gasteiger partial charge in [-0.25, -0.2) is 14.3 Å². The van der Waals surface area contributed by atoms with Crippen molar-refractivity contribution in [2.24, 2.45) is 0 Å². The highest BCUT2D eigenvalue weighted by Gasteiger charge is 2.37. The summed E-state index contributed by atoms with van der Waals surface area (Å²) in [6, 6.07) is 11.1. The maximum absolute atomic E-state index is 13.7. The van der Waals surface area contributed by atoms with E-state index in [0.29, 0.717) is 24.4 Å². The van der Waals surface area contributed by atoms with Crippen molar-refractivity contribution in [1.82, 2.24) is 14.7 Å². The number of fused-ring (bicyclic) bond motifs is 1. The molecular weight excluding hydrogens is 581 g/mol. The predicted octanol–water partition coefficient (Wildman–Crippen LogP) is 5.47. The van der Waals surface area contributed by atoms with Gasteiger partial charge in [0.05, 0.1) is 19.2 Å². The zero-order chi connectivity index (χ0) is 32.4. The van der Waals surface area contributed by atoms with E-state index in [1.165, 1.54) is 31.2 Å². The maximum atomic E-state index is 13.7. The molecule has 2 aromatic carbocycles. The average molecular weight is 617 g/mol. The van der Waals surface area contributed by atoms with Crippen molar-refractivity contribution in [3.63, 3.8) is 0 Å².